The Morgan fingerprint density at radius 2 is 0.806 bits per heavy atom. The molecule has 9 heteroatoms. The number of benzene rings is 14. The Kier molecular flexibility index (Phi) is 12.3. The van der Waals surface area contributed by atoms with Crippen molar-refractivity contribution in [1.29, 1.82) is 0 Å². The van der Waals surface area contributed by atoms with Crippen molar-refractivity contribution in [3.63, 3.8) is 0 Å². The van der Waals surface area contributed by atoms with Gasteiger partial charge in [-0.2, -0.15) is 0 Å². The van der Waals surface area contributed by atoms with Crippen molar-refractivity contribution in [3.05, 3.63) is 334 Å². The molecule has 0 saturated carbocycles. The summed E-state index contributed by atoms with van der Waals surface area (Å²) < 4.78 is 9.60. The molecule has 93 heavy (non-hydrogen) atoms. The summed E-state index contributed by atoms with van der Waals surface area (Å²) in [4.78, 5) is 12.3. The van der Waals surface area contributed by atoms with Crippen molar-refractivity contribution >= 4 is 148 Å². The molecule has 19 rings (SSSR count). The average Bonchev–Trinajstić information content (AvgIpc) is 1.21. The average molecular weight is 1200 g/mol. The van der Waals surface area contributed by atoms with E-state index >= 15 is 0 Å². The van der Waals surface area contributed by atoms with Gasteiger partial charge in [0.05, 0.1) is 28.1 Å². The van der Waals surface area contributed by atoms with Gasteiger partial charge in [0.25, 0.3) is 13.4 Å². The zero-order valence-corrected chi connectivity index (χ0v) is 51.3. The summed E-state index contributed by atoms with van der Waals surface area (Å²) in [6.45, 7) is -0.285. The molecule has 0 spiro atoms. The highest BCUT2D eigenvalue weighted by atomic mass is 32.2. The molecule has 0 fully saturated rings. The van der Waals surface area contributed by atoms with Crippen LogP contribution in [0, 0.1) is 0 Å². The van der Waals surface area contributed by atoms with Crippen LogP contribution in [-0.2, 0) is 0 Å². The number of aromatic nitrogens is 1. The van der Waals surface area contributed by atoms with E-state index < -0.39 is 0 Å². The summed E-state index contributed by atoms with van der Waals surface area (Å²) in [6, 6.07) is 123. The monoisotopic (exact) mass is 1200 g/mol. The Hall–Kier alpha value is -11.6. The van der Waals surface area contributed by atoms with Gasteiger partial charge in [0, 0.05) is 89.1 Å². The Morgan fingerprint density at radius 1 is 0.290 bits per heavy atom. The number of rotatable bonds is 10. The maximum absolute atomic E-state index is 7.17. The van der Waals surface area contributed by atoms with E-state index in [4.69, 9.17) is 4.74 Å². The minimum Gasteiger partial charge on any atom is -0.458 e. The summed E-state index contributed by atoms with van der Waals surface area (Å²) in [5.41, 5.74) is 26.1. The minimum absolute atomic E-state index is 0.116. The Morgan fingerprint density at radius 3 is 1.47 bits per heavy atom. The predicted molar refractivity (Wildman–Crippen MR) is 391 cm³/mol. The van der Waals surface area contributed by atoms with Gasteiger partial charge in [0.1, 0.15) is 11.5 Å². The van der Waals surface area contributed by atoms with Crippen molar-refractivity contribution in [2.75, 3.05) is 19.6 Å². The SMILES string of the molecule is c1ccc(N(c2ccccc2)c2cc3c4c(c2)Sc2cc5c(cc2B4c2ccccc2O3)B2c3ccccc3N(c3ccccc3)c3cc(N(c4ccccc4)c4ccccc4)cc(c32)N5c2ccccc2-c2ccc3c4ccccc4n(-c4ccccc4)c3c2)cc1. The highest BCUT2D eigenvalue weighted by Gasteiger charge is 2.47. The van der Waals surface area contributed by atoms with Gasteiger partial charge < -0.3 is 28.9 Å². The molecule has 434 valence electrons. The van der Waals surface area contributed by atoms with Gasteiger partial charge in [-0.15, -0.1) is 0 Å². The fraction of sp³-hybridized carbons (Fsp3) is 0. The van der Waals surface area contributed by atoms with Crippen LogP contribution in [0.15, 0.2) is 343 Å². The number of ether oxygens (including phenoxy) is 1. The van der Waals surface area contributed by atoms with E-state index in [9.17, 15) is 0 Å². The van der Waals surface area contributed by atoms with Crippen molar-refractivity contribution in [2.24, 2.45) is 0 Å². The van der Waals surface area contributed by atoms with Crippen LogP contribution in [0.3, 0.4) is 0 Å². The first-order valence-electron chi connectivity index (χ1n) is 31.9. The van der Waals surface area contributed by atoms with Crippen LogP contribution >= 0.6 is 11.8 Å². The third kappa shape index (κ3) is 8.47. The van der Waals surface area contributed by atoms with Crippen LogP contribution in [0.5, 0.6) is 11.5 Å². The molecule has 0 radical (unpaired) electrons. The maximum atomic E-state index is 7.17. The molecule has 1 aromatic heterocycles. The smallest absolute Gasteiger partial charge is 0.253 e. The third-order valence-electron chi connectivity index (χ3n) is 19.2. The van der Waals surface area contributed by atoms with Gasteiger partial charge >= 0.3 is 0 Å². The molecule has 0 bridgehead atoms. The molecule has 0 aliphatic carbocycles. The highest BCUT2D eigenvalue weighted by Crippen LogP contribution is 2.52. The van der Waals surface area contributed by atoms with Crippen molar-refractivity contribution < 1.29 is 4.74 Å². The molecule has 6 nitrogen and oxygen atoms in total. The Balaban J connectivity index is 0.906. The summed E-state index contributed by atoms with van der Waals surface area (Å²) >= 11 is 1.86. The number of anilines is 12. The van der Waals surface area contributed by atoms with Crippen LogP contribution in [0.2, 0.25) is 0 Å². The standard InChI is InChI=1S/C84H55B2N5OS/c1-7-27-57(28-8-1)87(58-29-9-2-10-30-58)63-50-77-83-78(51-63)91(72-43-23-19-39-65(72)56-47-48-67-66-40-20-24-44-73(66)89(75(67)49-56)61-35-15-5-16-36-61)76-55-81-71(54-70(76)85(83)68-41-21-25-45-74(68)90(77)62-37-17-6-18-38-62)86-69-42-22-26-46-79(69)92-80-52-64(53-82(93-81)84(80)86)88(59-31-11-3-12-32-59)60-33-13-4-14-34-60/h1-55H. The minimum atomic E-state index is -0.169. The molecule has 5 heterocycles. The highest BCUT2D eigenvalue weighted by molar-refractivity contribution is 8.00. The lowest BCUT2D eigenvalue weighted by atomic mass is 9.31. The van der Waals surface area contributed by atoms with Gasteiger partial charge in [-0.05, 0) is 160 Å². The van der Waals surface area contributed by atoms with Crippen molar-refractivity contribution in [1.82, 2.24) is 4.57 Å². The molecule has 4 aliphatic heterocycles. The molecule has 0 amide bonds. The molecule has 4 aliphatic rings. The first kappa shape index (κ1) is 53.2. The van der Waals surface area contributed by atoms with Gasteiger partial charge in [-0.3, -0.25) is 0 Å². The maximum Gasteiger partial charge on any atom is 0.253 e. The molecule has 0 saturated heterocycles. The lowest BCUT2D eigenvalue weighted by Gasteiger charge is -2.46. The van der Waals surface area contributed by atoms with Crippen LogP contribution in [0.1, 0.15) is 0 Å². The zero-order valence-electron chi connectivity index (χ0n) is 50.5. The van der Waals surface area contributed by atoms with E-state index in [0.717, 1.165) is 108 Å². The molecular weight excluding hydrogens is 1150 g/mol. The van der Waals surface area contributed by atoms with E-state index in [2.05, 4.69) is 358 Å². The Bertz CT molecular complexity index is 5360. The van der Waals surface area contributed by atoms with Crippen LogP contribution in [-0.4, -0.2) is 18.0 Å². The molecule has 0 atom stereocenters. The molecule has 14 aromatic carbocycles. The van der Waals surface area contributed by atoms with Gasteiger partial charge in [-0.25, -0.2) is 0 Å². The van der Waals surface area contributed by atoms with Crippen LogP contribution in [0.4, 0.5) is 68.2 Å². The van der Waals surface area contributed by atoms with E-state index in [1.807, 2.05) is 11.8 Å². The van der Waals surface area contributed by atoms with E-state index in [0.29, 0.717) is 0 Å². The van der Waals surface area contributed by atoms with E-state index in [1.165, 1.54) is 53.4 Å². The predicted octanol–water partition coefficient (Wildman–Crippen LogP) is 18.6. The van der Waals surface area contributed by atoms with Gasteiger partial charge in [-0.1, -0.05) is 217 Å². The second-order valence-corrected chi connectivity index (χ2v) is 25.4. The molecule has 0 N–H and O–H groups in total. The van der Waals surface area contributed by atoms with Crippen LogP contribution in [0.25, 0.3) is 38.6 Å². The lowest BCUT2D eigenvalue weighted by Crippen LogP contribution is -2.64. The largest absolute Gasteiger partial charge is 0.458 e. The third-order valence-corrected chi connectivity index (χ3v) is 20.3. The van der Waals surface area contributed by atoms with Gasteiger partial charge in [0.15, 0.2) is 0 Å². The number of hydrogen-bond acceptors (Lipinski definition) is 6. The fourth-order valence-electron chi connectivity index (χ4n) is 15.3. The number of nitrogens with zero attached hydrogens (tertiary/aromatic N) is 5. The number of fused-ring (bicyclic) bond motifs is 11. The second kappa shape index (κ2) is 21.5. The zero-order chi connectivity index (χ0) is 61.1. The lowest BCUT2D eigenvalue weighted by molar-refractivity contribution is 0.486. The van der Waals surface area contributed by atoms with Gasteiger partial charge in [0.2, 0.25) is 0 Å². The van der Waals surface area contributed by atoms with E-state index in [-0.39, 0.29) is 13.4 Å². The summed E-state index contributed by atoms with van der Waals surface area (Å²) in [6.07, 6.45) is 0. The second-order valence-electron chi connectivity index (χ2n) is 24.3. The molecular formula is C84H55B2N5OS. The summed E-state index contributed by atoms with van der Waals surface area (Å²) in [5, 5.41) is 2.44. The van der Waals surface area contributed by atoms with Crippen LogP contribution < -0.4 is 57.1 Å². The van der Waals surface area contributed by atoms with E-state index in [1.54, 1.807) is 0 Å². The first-order chi connectivity index (χ1) is 46.2. The number of hydrogen-bond donors (Lipinski definition) is 0. The normalized spacial score (nSPS) is 12.9. The molecule has 15 aromatic rings. The summed E-state index contributed by atoms with van der Waals surface area (Å²) in [5.74, 6) is 1.75. The Labute approximate surface area is 545 Å². The van der Waals surface area contributed by atoms with Crippen molar-refractivity contribution in [3.8, 4) is 28.3 Å². The fourth-order valence-corrected chi connectivity index (χ4v) is 16.5. The first-order valence-corrected chi connectivity index (χ1v) is 32.7. The molecule has 0 unspecified atom stereocenters. The topological polar surface area (TPSA) is 27.1 Å². The quantitative estimate of drug-likeness (QED) is 0.127. The number of para-hydroxylation sites is 10. The van der Waals surface area contributed by atoms with Crippen molar-refractivity contribution in [2.45, 2.75) is 9.79 Å². The summed E-state index contributed by atoms with van der Waals surface area (Å²) in [7, 11) is 0.